The lowest BCUT2D eigenvalue weighted by Crippen LogP contribution is -2.55. The lowest BCUT2D eigenvalue weighted by atomic mass is 9.80. The highest BCUT2D eigenvalue weighted by molar-refractivity contribution is 5.72. The van der Waals surface area contributed by atoms with E-state index in [1.54, 1.807) is 12.4 Å². The number of nitrogens with one attached hydrogen (secondary N) is 2. The summed E-state index contributed by atoms with van der Waals surface area (Å²) < 4.78 is 5.95. The summed E-state index contributed by atoms with van der Waals surface area (Å²) in [6, 6.07) is 20.3. The molecule has 0 aliphatic rings. The molecule has 45 heavy (non-hydrogen) atoms. The number of hydrogen-bond acceptors (Lipinski definition) is 7. The molecule has 4 aromatic rings. The molecule has 0 aliphatic heterocycles. The zero-order valence-corrected chi connectivity index (χ0v) is 27.2. The van der Waals surface area contributed by atoms with Crippen LogP contribution in [0, 0.1) is 0 Å². The van der Waals surface area contributed by atoms with Crippen LogP contribution in [0.15, 0.2) is 85.5 Å². The molecule has 9 heteroatoms. The minimum absolute atomic E-state index is 0.0287. The summed E-state index contributed by atoms with van der Waals surface area (Å²) in [4.78, 5) is 34.5. The van der Waals surface area contributed by atoms with Crippen LogP contribution in [-0.4, -0.2) is 60.9 Å². The number of esters is 1. The van der Waals surface area contributed by atoms with E-state index in [2.05, 4.69) is 74.8 Å². The highest BCUT2D eigenvalue weighted by Crippen LogP contribution is 2.40. The molecular formula is C36H51N7O2. The van der Waals surface area contributed by atoms with E-state index in [1.165, 1.54) is 0 Å². The van der Waals surface area contributed by atoms with Gasteiger partial charge in [-0.3, -0.25) is 14.6 Å². The van der Waals surface area contributed by atoms with Crippen molar-refractivity contribution in [3.63, 3.8) is 0 Å². The quantitative estimate of drug-likeness (QED) is 0.0967. The first-order valence-electron chi connectivity index (χ1n) is 16.4. The van der Waals surface area contributed by atoms with Gasteiger partial charge < -0.3 is 20.4 Å². The lowest BCUT2D eigenvalue weighted by molar-refractivity contribution is -0.150. The van der Waals surface area contributed by atoms with Crippen molar-refractivity contribution in [1.82, 2.24) is 29.7 Å². The van der Waals surface area contributed by atoms with Gasteiger partial charge in [-0.15, -0.1) is 0 Å². The Morgan fingerprint density at radius 2 is 1.60 bits per heavy atom. The highest BCUT2D eigenvalue weighted by Gasteiger charge is 2.42. The van der Waals surface area contributed by atoms with Gasteiger partial charge in [0.25, 0.3) is 0 Å². The van der Waals surface area contributed by atoms with E-state index in [0.717, 1.165) is 61.3 Å². The Labute approximate surface area is 268 Å². The summed E-state index contributed by atoms with van der Waals surface area (Å²) in [7, 11) is 0. The van der Waals surface area contributed by atoms with Crippen LogP contribution < -0.4 is 5.73 Å². The van der Waals surface area contributed by atoms with Crippen LogP contribution in [0.3, 0.4) is 0 Å². The average Bonchev–Trinajstić information content (AvgIpc) is 3.80. The number of aromatic nitrogens is 4. The first-order chi connectivity index (χ1) is 22.0. The number of carbonyl (C=O) groups is 1. The van der Waals surface area contributed by atoms with Crippen molar-refractivity contribution in [3.05, 3.63) is 108 Å². The molecule has 0 radical (unpaired) electrons. The molecule has 4 N–H and O–H groups in total. The summed E-state index contributed by atoms with van der Waals surface area (Å²) in [5.41, 5.74) is 8.04. The predicted molar refractivity (Wildman–Crippen MR) is 179 cm³/mol. The smallest absolute Gasteiger partial charge is 0.320 e. The number of nitrogens with zero attached hydrogens (tertiary/aromatic N) is 4. The fourth-order valence-electron chi connectivity index (χ4n) is 6.60. The topological polar surface area (TPSA) is 116 Å². The normalized spacial score (nSPS) is 13.3. The molecule has 4 rings (SSSR count). The van der Waals surface area contributed by atoms with Crippen molar-refractivity contribution in [3.8, 4) is 0 Å². The van der Waals surface area contributed by atoms with Crippen LogP contribution in [0.4, 0.5) is 0 Å². The summed E-state index contributed by atoms with van der Waals surface area (Å²) >= 11 is 0. The second-order valence-corrected chi connectivity index (χ2v) is 11.9. The SMILES string of the molecule is CCCC(CCC)(CCCN)N(CC(=O)OCc1ccccc1)C(CN(Cc1ncc[nH]1)C(C)c1ncc[nH]1)c1ccccc1. The Hall–Kier alpha value is -3.79. The maximum Gasteiger partial charge on any atom is 0.320 e. The second-order valence-electron chi connectivity index (χ2n) is 11.9. The molecule has 2 unspecified atom stereocenters. The zero-order chi connectivity index (χ0) is 31.9. The standard InChI is InChI=1S/C36H51N7O2/c1-4-17-36(18-5-2,19-12-20-37)43(27-34(44)45-28-30-13-8-6-9-14-30)32(31-15-10-7-11-16-31)25-42(26-33-38-21-22-39-33)29(3)35-40-23-24-41-35/h6-11,13-16,21-24,29,32H,4-5,12,17-20,25-28,37H2,1-3H3,(H,38,39)(H,40,41). The molecule has 0 fully saturated rings. The zero-order valence-electron chi connectivity index (χ0n) is 27.2. The number of aromatic amines is 2. The summed E-state index contributed by atoms with van der Waals surface area (Å²) in [5.74, 6) is 1.55. The van der Waals surface area contributed by atoms with Crippen molar-refractivity contribution >= 4 is 5.97 Å². The van der Waals surface area contributed by atoms with Crippen molar-refractivity contribution in [2.75, 3.05) is 19.6 Å². The molecule has 0 saturated heterocycles. The molecule has 0 aliphatic carbocycles. The van der Waals surface area contributed by atoms with Gasteiger partial charge in [-0.2, -0.15) is 0 Å². The minimum atomic E-state index is -0.237. The number of ether oxygens (including phenoxy) is 1. The van der Waals surface area contributed by atoms with Gasteiger partial charge in [0.05, 0.1) is 19.1 Å². The van der Waals surface area contributed by atoms with E-state index in [0.29, 0.717) is 19.6 Å². The number of benzene rings is 2. The Kier molecular flexibility index (Phi) is 13.4. The number of nitrogens with two attached hydrogens (primary N) is 1. The van der Waals surface area contributed by atoms with E-state index in [1.807, 2.05) is 48.8 Å². The van der Waals surface area contributed by atoms with E-state index in [4.69, 9.17) is 10.5 Å². The molecule has 9 nitrogen and oxygen atoms in total. The molecule has 2 atom stereocenters. The van der Waals surface area contributed by atoms with Gasteiger partial charge in [-0.1, -0.05) is 87.4 Å². The van der Waals surface area contributed by atoms with Gasteiger partial charge in [-0.25, -0.2) is 9.97 Å². The van der Waals surface area contributed by atoms with Gasteiger partial charge in [0.15, 0.2) is 0 Å². The Morgan fingerprint density at radius 3 is 2.20 bits per heavy atom. The molecular weight excluding hydrogens is 562 g/mol. The van der Waals surface area contributed by atoms with Crippen LogP contribution in [0.25, 0.3) is 0 Å². The fourth-order valence-corrected chi connectivity index (χ4v) is 6.60. The maximum atomic E-state index is 13.8. The van der Waals surface area contributed by atoms with Gasteiger partial charge in [0.2, 0.25) is 0 Å². The number of carbonyl (C=O) groups excluding carboxylic acids is 1. The third kappa shape index (κ3) is 9.60. The highest BCUT2D eigenvalue weighted by atomic mass is 16.5. The summed E-state index contributed by atoms with van der Waals surface area (Å²) in [6.45, 7) is 8.93. The second kappa shape index (κ2) is 17.6. The van der Waals surface area contributed by atoms with Crippen molar-refractivity contribution < 1.29 is 9.53 Å². The first-order valence-corrected chi connectivity index (χ1v) is 16.4. The molecule has 0 saturated carbocycles. The molecule has 0 amide bonds. The molecule has 2 aromatic carbocycles. The Morgan fingerprint density at radius 1 is 0.933 bits per heavy atom. The van der Waals surface area contributed by atoms with E-state index in [9.17, 15) is 4.79 Å². The monoisotopic (exact) mass is 613 g/mol. The molecule has 242 valence electrons. The van der Waals surface area contributed by atoms with Crippen LogP contribution in [0.5, 0.6) is 0 Å². The van der Waals surface area contributed by atoms with Crippen LogP contribution in [0.1, 0.15) is 94.2 Å². The first kappa shape index (κ1) is 34.1. The average molecular weight is 614 g/mol. The molecule has 2 aromatic heterocycles. The van der Waals surface area contributed by atoms with E-state index in [-0.39, 0.29) is 36.7 Å². The van der Waals surface area contributed by atoms with Gasteiger partial charge in [0.1, 0.15) is 18.3 Å². The fraction of sp³-hybridized carbons (Fsp3) is 0.472. The van der Waals surface area contributed by atoms with E-state index < -0.39 is 0 Å². The van der Waals surface area contributed by atoms with Crippen LogP contribution in [-0.2, 0) is 22.7 Å². The van der Waals surface area contributed by atoms with Crippen LogP contribution in [0.2, 0.25) is 0 Å². The maximum absolute atomic E-state index is 13.8. The predicted octanol–water partition coefficient (Wildman–Crippen LogP) is 6.56. The molecule has 2 heterocycles. The van der Waals surface area contributed by atoms with Gasteiger partial charge in [0, 0.05) is 42.9 Å². The van der Waals surface area contributed by atoms with Gasteiger partial charge >= 0.3 is 5.97 Å². The van der Waals surface area contributed by atoms with Gasteiger partial charge in [-0.05, 0) is 50.3 Å². The third-order valence-corrected chi connectivity index (χ3v) is 8.77. The minimum Gasteiger partial charge on any atom is -0.460 e. The number of imidazole rings is 2. The van der Waals surface area contributed by atoms with Crippen molar-refractivity contribution in [1.29, 1.82) is 0 Å². The van der Waals surface area contributed by atoms with Crippen molar-refractivity contribution in [2.45, 2.75) is 90.1 Å². The lowest BCUT2D eigenvalue weighted by Gasteiger charge is -2.49. The number of H-pyrrole nitrogens is 2. The van der Waals surface area contributed by atoms with Crippen molar-refractivity contribution in [2.24, 2.45) is 5.73 Å². The largest absolute Gasteiger partial charge is 0.460 e. The summed E-state index contributed by atoms with van der Waals surface area (Å²) in [5, 5.41) is 0. The third-order valence-electron chi connectivity index (χ3n) is 8.77. The number of rotatable bonds is 20. The molecule has 0 bridgehead atoms. The Bertz CT molecular complexity index is 1340. The Balaban J connectivity index is 1.77. The van der Waals surface area contributed by atoms with E-state index >= 15 is 0 Å². The molecule has 0 spiro atoms. The number of hydrogen-bond donors (Lipinski definition) is 3. The van der Waals surface area contributed by atoms with Crippen LogP contribution >= 0.6 is 0 Å². The summed E-state index contributed by atoms with van der Waals surface area (Å²) in [6.07, 6.45) is 13.0.